The maximum Gasteiger partial charge on any atom is 0.339 e. The molecule has 26 heavy (non-hydrogen) atoms. The van der Waals surface area contributed by atoms with Gasteiger partial charge in [0.1, 0.15) is 18.1 Å². The fraction of sp³-hybridized carbons (Fsp3) is 0.0625. The highest BCUT2D eigenvalue weighted by Gasteiger charge is 2.14. The van der Waals surface area contributed by atoms with E-state index in [1.54, 1.807) is 30.3 Å². The van der Waals surface area contributed by atoms with Gasteiger partial charge in [-0.25, -0.2) is 9.90 Å². The molecule has 9 nitrogen and oxygen atoms in total. The third-order valence-electron chi connectivity index (χ3n) is 3.10. The highest BCUT2D eigenvalue weighted by molar-refractivity contribution is 6.33. The number of benzene rings is 1. The Kier molecular flexibility index (Phi) is 5.40. The summed E-state index contributed by atoms with van der Waals surface area (Å²) in [6, 6.07) is 8.36. The van der Waals surface area contributed by atoms with Gasteiger partial charge in [0.25, 0.3) is 0 Å². The first-order valence-electron chi connectivity index (χ1n) is 7.32. The second-order valence-corrected chi connectivity index (χ2v) is 5.25. The lowest BCUT2D eigenvalue weighted by Crippen LogP contribution is -2.05. The van der Waals surface area contributed by atoms with Crippen molar-refractivity contribution in [3.05, 3.63) is 64.8 Å². The molecular formula is C16H12ClN6O3-. The molecule has 0 bridgehead atoms. The number of ether oxygens (including phenoxy) is 1. The van der Waals surface area contributed by atoms with Crippen LogP contribution in [0.25, 0.3) is 16.7 Å². The molecule has 0 radical (unpaired) electrons. The van der Waals surface area contributed by atoms with E-state index in [-0.39, 0.29) is 23.1 Å². The molecule has 0 saturated heterocycles. The van der Waals surface area contributed by atoms with E-state index in [9.17, 15) is 4.79 Å². The first-order chi connectivity index (χ1) is 12.7. The minimum Gasteiger partial charge on any atom is -0.458 e. The number of carbonyl (C=O) groups is 1. The number of nitrogens with one attached hydrogen (secondary N) is 1. The molecule has 3 aromatic rings. The summed E-state index contributed by atoms with van der Waals surface area (Å²) < 4.78 is 10.7. The summed E-state index contributed by atoms with van der Waals surface area (Å²) in [5.74, 6) is 0.552. The lowest BCUT2D eigenvalue weighted by Gasteiger charge is -2.06. The average molecular weight is 372 g/mol. The van der Waals surface area contributed by atoms with Gasteiger partial charge < -0.3 is 9.15 Å². The second kappa shape index (κ2) is 8.08. The first kappa shape index (κ1) is 17.4. The molecule has 0 aliphatic heterocycles. The van der Waals surface area contributed by atoms with Gasteiger partial charge in [-0.2, -0.15) is 0 Å². The Morgan fingerprint density at radius 3 is 3.08 bits per heavy atom. The molecule has 3 rings (SSSR count). The van der Waals surface area contributed by atoms with E-state index in [1.165, 1.54) is 12.3 Å². The number of furan rings is 1. The first-order valence-corrected chi connectivity index (χ1v) is 7.70. The zero-order valence-electron chi connectivity index (χ0n) is 13.3. The number of carbonyl (C=O) groups excluding carboxylic acids is 1. The van der Waals surface area contributed by atoms with E-state index in [1.807, 2.05) is 0 Å². The van der Waals surface area contributed by atoms with Crippen molar-refractivity contribution in [1.29, 1.82) is 0 Å². The normalized spacial score (nSPS) is 10.8. The summed E-state index contributed by atoms with van der Waals surface area (Å²) in [6.07, 6.45) is 2.88. The largest absolute Gasteiger partial charge is 0.458 e. The monoisotopic (exact) mass is 371 g/mol. The predicted molar refractivity (Wildman–Crippen MR) is 94.4 cm³/mol. The van der Waals surface area contributed by atoms with E-state index < -0.39 is 5.97 Å². The van der Waals surface area contributed by atoms with Crippen molar-refractivity contribution in [2.24, 2.45) is 5.10 Å². The number of aromatic amines is 1. The van der Waals surface area contributed by atoms with Gasteiger partial charge in [0.15, 0.2) is 0 Å². The summed E-state index contributed by atoms with van der Waals surface area (Å²) in [6.45, 7) is 3.60. The second-order valence-electron chi connectivity index (χ2n) is 4.84. The number of tetrazole rings is 1. The molecule has 132 valence electrons. The van der Waals surface area contributed by atoms with Crippen molar-refractivity contribution in [1.82, 2.24) is 20.6 Å². The molecule has 10 heteroatoms. The molecule has 0 fully saturated rings. The maximum atomic E-state index is 12.0. The zero-order chi connectivity index (χ0) is 18.4. The van der Waals surface area contributed by atoms with Crippen LogP contribution in [-0.2, 0) is 4.74 Å². The quantitative estimate of drug-likeness (QED) is 0.293. The van der Waals surface area contributed by atoms with Crippen molar-refractivity contribution in [3.8, 4) is 11.3 Å². The average Bonchev–Trinajstić information content (AvgIpc) is 3.32. The van der Waals surface area contributed by atoms with Crippen LogP contribution >= 0.6 is 11.6 Å². The Labute approximate surface area is 152 Å². The third kappa shape index (κ3) is 4.14. The predicted octanol–water partition coefficient (Wildman–Crippen LogP) is 3.50. The number of esters is 1. The van der Waals surface area contributed by atoms with Crippen LogP contribution in [0, 0.1) is 0 Å². The summed E-state index contributed by atoms with van der Waals surface area (Å²) in [5.41, 5.74) is 4.63. The van der Waals surface area contributed by atoms with Gasteiger partial charge in [0.05, 0.1) is 22.7 Å². The van der Waals surface area contributed by atoms with E-state index in [4.69, 9.17) is 20.8 Å². The number of H-pyrrole nitrogens is 1. The summed E-state index contributed by atoms with van der Waals surface area (Å²) in [5, 5.41) is 17.0. The minimum absolute atomic E-state index is 0.102. The van der Waals surface area contributed by atoms with Crippen LogP contribution in [0.5, 0.6) is 0 Å². The van der Waals surface area contributed by atoms with Gasteiger partial charge >= 0.3 is 5.97 Å². The molecule has 0 aliphatic carbocycles. The number of aromatic nitrogens is 4. The Morgan fingerprint density at radius 2 is 2.31 bits per heavy atom. The molecule has 2 heterocycles. The van der Waals surface area contributed by atoms with Gasteiger partial charge in [-0.1, -0.05) is 24.3 Å². The van der Waals surface area contributed by atoms with Crippen LogP contribution in [0.1, 0.15) is 16.1 Å². The highest BCUT2D eigenvalue weighted by Crippen LogP contribution is 2.27. The summed E-state index contributed by atoms with van der Waals surface area (Å²) in [7, 11) is 0. The molecule has 0 unspecified atom stereocenters. The van der Waals surface area contributed by atoms with Crippen LogP contribution in [0.4, 0.5) is 5.95 Å². The minimum atomic E-state index is -0.538. The van der Waals surface area contributed by atoms with Crippen LogP contribution in [0.15, 0.2) is 52.5 Å². The van der Waals surface area contributed by atoms with Crippen LogP contribution in [-0.4, -0.2) is 39.4 Å². The van der Waals surface area contributed by atoms with E-state index in [0.717, 1.165) is 0 Å². The van der Waals surface area contributed by atoms with Crippen molar-refractivity contribution < 1.29 is 13.9 Å². The lowest BCUT2D eigenvalue weighted by molar-refractivity contribution is 0.0550. The Balaban J connectivity index is 1.75. The topological polar surface area (TPSA) is 120 Å². The zero-order valence-corrected chi connectivity index (χ0v) is 14.1. The smallest absolute Gasteiger partial charge is 0.339 e. The van der Waals surface area contributed by atoms with Gasteiger partial charge in [0.2, 0.25) is 0 Å². The molecule has 0 aliphatic rings. The van der Waals surface area contributed by atoms with Gasteiger partial charge in [0, 0.05) is 5.56 Å². The third-order valence-corrected chi connectivity index (χ3v) is 3.43. The van der Waals surface area contributed by atoms with Crippen LogP contribution < -0.4 is 0 Å². The molecule has 1 N–H and O–H groups in total. The van der Waals surface area contributed by atoms with Gasteiger partial charge in [-0.3, -0.25) is 20.8 Å². The molecule has 1 aromatic carbocycles. The van der Waals surface area contributed by atoms with Crippen molar-refractivity contribution in [3.63, 3.8) is 0 Å². The maximum absolute atomic E-state index is 12.0. The number of nitrogens with zero attached hydrogens (tertiary/aromatic N) is 5. The van der Waals surface area contributed by atoms with Crippen molar-refractivity contribution in [2.75, 3.05) is 6.61 Å². The molecule has 0 spiro atoms. The molecule has 0 saturated carbocycles. The van der Waals surface area contributed by atoms with E-state index in [0.29, 0.717) is 17.1 Å². The number of rotatable bonds is 7. The van der Waals surface area contributed by atoms with Crippen LogP contribution in [0.3, 0.4) is 0 Å². The van der Waals surface area contributed by atoms with Gasteiger partial charge in [-0.15, -0.1) is 5.21 Å². The summed E-state index contributed by atoms with van der Waals surface area (Å²) in [4.78, 5) is 12.0. The highest BCUT2D eigenvalue weighted by atomic mass is 35.5. The standard InChI is InChI=1S/C16H12ClN6O3/c1-2-7-25-15(24)12-8-10(3-5-13(12)17)14-6-4-11(26-14)9-18-19-16-20-22-23-21-16/h2-6,8-9H,1,7H2,(H-,19,20,21,22,23)/q-1/b18-9-. The Hall–Kier alpha value is -3.46. The van der Waals surface area contributed by atoms with Crippen LogP contribution in [0.2, 0.25) is 5.02 Å². The molecule has 0 atom stereocenters. The van der Waals surface area contributed by atoms with Crippen molar-refractivity contribution >= 4 is 29.7 Å². The lowest BCUT2D eigenvalue weighted by atomic mass is 10.1. The number of halogens is 1. The molecule has 2 aromatic heterocycles. The SMILES string of the molecule is C=CCOC(=O)c1cc(-c2ccc(/C=N\[N-]c3nn[nH]n3)o2)ccc1Cl. The Morgan fingerprint density at radius 1 is 1.42 bits per heavy atom. The Bertz CT molecular complexity index is 935. The van der Waals surface area contributed by atoms with Crippen molar-refractivity contribution in [2.45, 2.75) is 0 Å². The number of hydrogen-bond donors (Lipinski definition) is 1. The fourth-order valence-electron chi connectivity index (χ4n) is 1.96. The fourth-order valence-corrected chi connectivity index (χ4v) is 2.16. The molecule has 0 amide bonds. The molecular weight excluding hydrogens is 360 g/mol. The van der Waals surface area contributed by atoms with E-state index in [2.05, 4.69) is 37.7 Å². The van der Waals surface area contributed by atoms with E-state index >= 15 is 0 Å². The summed E-state index contributed by atoms with van der Waals surface area (Å²) >= 11 is 6.07. The number of hydrogen-bond acceptors (Lipinski definition) is 7. The van der Waals surface area contributed by atoms with Gasteiger partial charge in [-0.05, 0) is 30.3 Å².